The summed E-state index contributed by atoms with van der Waals surface area (Å²) in [6.07, 6.45) is 8.12. The number of benzene rings is 1. The monoisotopic (exact) mass is 274 g/mol. The predicted octanol–water partition coefficient (Wildman–Crippen LogP) is 4.46. The van der Waals surface area contributed by atoms with Crippen LogP contribution in [0.15, 0.2) is 24.3 Å². The molecule has 3 N–H and O–H groups in total. The topological polar surface area (TPSA) is 38.0 Å². The Hall–Kier alpha value is -0.860. The first-order chi connectivity index (χ1) is 9.50. The molecule has 0 heterocycles. The summed E-state index contributed by atoms with van der Waals surface area (Å²) in [6.45, 7) is 6.76. The highest BCUT2D eigenvalue weighted by Gasteiger charge is 2.20. The zero-order chi connectivity index (χ0) is 14.6. The van der Waals surface area contributed by atoms with E-state index in [1.807, 2.05) is 0 Å². The molecule has 20 heavy (non-hydrogen) atoms. The van der Waals surface area contributed by atoms with Crippen molar-refractivity contribution in [2.45, 2.75) is 70.8 Å². The van der Waals surface area contributed by atoms with Gasteiger partial charge in [-0.2, -0.15) is 0 Å². The van der Waals surface area contributed by atoms with Crippen LogP contribution in [0.5, 0.6) is 0 Å². The highest BCUT2D eigenvalue weighted by atomic mass is 15.2. The second-order valence-electron chi connectivity index (χ2n) is 7.33. The lowest BCUT2D eigenvalue weighted by atomic mass is 9.82. The van der Waals surface area contributed by atoms with Crippen molar-refractivity contribution < 1.29 is 0 Å². The minimum absolute atomic E-state index is 0.216. The normalized spacial score (nSPS) is 19.0. The predicted molar refractivity (Wildman–Crippen MR) is 86.4 cm³/mol. The first-order valence-corrected chi connectivity index (χ1v) is 8.07. The molecule has 0 spiro atoms. The SMILES string of the molecule is CC(C)(C)c1ccc(C(CC2CCCCC2)NN)cc1. The van der Waals surface area contributed by atoms with Gasteiger partial charge in [-0.05, 0) is 28.9 Å². The van der Waals surface area contributed by atoms with Crippen LogP contribution in [0.3, 0.4) is 0 Å². The van der Waals surface area contributed by atoms with Crippen LogP contribution in [0.4, 0.5) is 0 Å². The smallest absolute Gasteiger partial charge is 0.0462 e. The first-order valence-electron chi connectivity index (χ1n) is 8.07. The van der Waals surface area contributed by atoms with Crippen molar-refractivity contribution >= 4 is 0 Å². The minimum Gasteiger partial charge on any atom is -0.271 e. The number of hydrogen-bond donors (Lipinski definition) is 2. The lowest BCUT2D eigenvalue weighted by Crippen LogP contribution is -2.30. The maximum Gasteiger partial charge on any atom is 0.0462 e. The summed E-state index contributed by atoms with van der Waals surface area (Å²) in [5, 5.41) is 0. The van der Waals surface area contributed by atoms with E-state index in [-0.39, 0.29) is 5.41 Å². The Morgan fingerprint density at radius 2 is 1.70 bits per heavy atom. The van der Waals surface area contributed by atoms with Gasteiger partial charge >= 0.3 is 0 Å². The van der Waals surface area contributed by atoms with Gasteiger partial charge in [-0.25, -0.2) is 0 Å². The van der Waals surface area contributed by atoms with Gasteiger partial charge in [-0.3, -0.25) is 11.3 Å². The third kappa shape index (κ3) is 4.07. The van der Waals surface area contributed by atoms with E-state index < -0.39 is 0 Å². The van der Waals surface area contributed by atoms with Crippen molar-refractivity contribution in [3.8, 4) is 0 Å². The van der Waals surface area contributed by atoms with Gasteiger partial charge in [-0.15, -0.1) is 0 Å². The van der Waals surface area contributed by atoms with E-state index >= 15 is 0 Å². The fraction of sp³-hybridized carbons (Fsp3) is 0.667. The van der Waals surface area contributed by atoms with Crippen molar-refractivity contribution in [3.63, 3.8) is 0 Å². The van der Waals surface area contributed by atoms with E-state index in [1.54, 1.807) is 0 Å². The second-order valence-corrected chi connectivity index (χ2v) is 7.33. The molecule has 1 aliphatic rings. The van der Waals surface area contributed by atoms with Crippen LogP contribution in [-0.4, -0.2) is 0 Å². The molecule has 112 valence electrons. The molecule has 1 atom stereocenters. The molecule has 0 bridgehead atoms. The van der Waals surface area contributed by atoms with Crippen molar-refractivity contribution in [1.82, 2.24) is 5.43 Å². The summed E-state index contributed by atoms with van der Waals surface area (Å²) < 4.78 is 0. The molecule has 2 heteroatoms. The van der Waals surface area contributed by atoms with Gasteiger partial charge in [0, 0.05) is 6.04 Å². The first kappa shape index (κ1) is 15.5. The number of nitrogens with two attached hydrogens (primary N) is 1. The Kier molecular flexibility index (Phi) is 5.22. The van der Waals surface area contributed by atoms with Crippen molar-refractivity contribution in [2.24, 2.45) is 11.8 Å². The number of hydrazine groups is 1. The number of nitrogens with one attached hydrogen (secondary N) is 1. The molecule has 1 aromatic rings. The Labute approximate surface area is 124 Å². The molecule has 1 saturated carbocycles. The van der Waals surface area contributed by atoms with Gasteiger partial charge in [0.1, 0.15) is 0 Å². The number of rotatable bonds is 4. The molecule has 2 nitrogen and oxygen atoms in total. The molecule has 0 aromatic heterocycles. The fourth-order valence-corrected chi connectivity index (χ4v) is 3.27. The molecule has 0 saturated heterocycles. The van der Waals surface area contributed by atoms with E-state index in [2.05, 4.69) is 50.5 Å². The van der Waals surface area contributed by atoms with Crippen LogP contribution in [0, 0.1) is 5.92 Å². The molecular formula is C18H30N2. The van der Waals surface area contributed by atoms with Gasteiger partial charge in [0.25, 0.3) is 0 Å². The maximum atomic E-state index is 5.80. The molecule has 1 unspecified atom stereocenters. The summed E-state index contributed by atoms with van der Waals surface area (Å²) in [7, 11) is 0. The van der Waals surface area contributed by atoms with Crippen molar-refractivity contribution in [3.05, 3.63) is 35.4 Å². The van der Waals surface area contributed by atoms with Gasteiger partial charge in [0.2, 0.25) is 0 Å². The molecule has 1 aliphatic carbocycles. The van der Waals surface area contributed by atoms with Gasteiger partial charge in [0.15, 0.2) is 0 Å². The standard InChI is InChI=1S/C18H30N2/c1-18(2,3)16-11-9-15(10-12-16)17(20-19)13-14-7-5-4-6-8-14/h9-12,14,17,20H,4-8,13,19H2,1-3H3. The molecule has 0 aliphatic heterocycles. The summed E-state index contributed by atoms with van der Waals surface area (Å²) in [6, 6.07) is 9.29. The summed E-state index contributed by atoms with van der Waals surface area (Å²) in [5.41, 5.74) is 5.95. The van der Waals surface area contributed by atoms with Crippen molar-refractivity contribution in [1.29, 1.82) is 0 Å². The van der Waals surface area contributed by atoms with E-state index in [0.29, 0.717) is 6.04 Å². The summed E-state index contributed by atoms with van der Waals surface area (Å²) in [5.74, 6) is 6.64. The zero-order valence-corrected chi connectivity index (χ0v) is 13.3. The van der Waals surface area contributed by atoms with Crippen molar-refractivity contribution in [2.75, 3.05) is 0 Å². The zero-order valence-electron chi connectivity index (χ0n) is 13.3. The summed E-state index contributed by atoms with van der Waals surface area (Å²) >= 11 is 0. The average molecular weight is 274 g/mol. The minimum atomic E-state index is 0.216. The fourth-order valence-electron chi connectivity index (χ4n) is 3.27. The highest BCUT2D eigenvalue weighted by molar-refractivity contribution is 5.29. The molecule has 0 radical (unpaired) electrons. The van der Waals surface area contributed by atoms with E-state index in [9.17, 15) is 0 Å². The largest absolute Gasteiger partial charge is 0.271 e. The van der Waals surface area contributed by atoms with Gasteiger partial charge in [0.05, 0.1) is 0 Å². The van der Waals surface area contributed by atoms with E-state index in [0.717, 1.165) is 5.92 Å². The molecule has 2 rings (SSSR count). The van der Waals surface area contributed by atoms with Crippen LogP contribution >= 0.6 is 0 Å². The van der Waals surface area contributed by atoms with Gasteiger partial charge < -0.3 is 0 Å². The third-order valence-corrected chi connectivity index (χ3v) is 4.67. The van der Waals surface area contributed by atoms with Crippen LogP contribution in [0.2, 0.25) is 0 Å². The molecule has 1 fully saturated rings. The van der Waals surface area contributed by atoms with E-state index in [4.69, 9.17) is 5.84 Å². The molecule has 1 aromatic carbocycles. The second kappa shape index (κ2) is 6.73. The van der Waals surface area contributed by atoms with Crippen LogP contribution in [0.25, 0.3) is 0 Å². The Morgan fingerprint density at radius 1 is 1.10 bits per heavy atom. The van der Waals surface area contributed by atoms with Crippen LogP contribution in [0.1, 0.15) is 76.5 Å². The summed E-state index contributed by atoms with van der Waals surface area (Å²) in [4.78, 5) is 0. The van der Waals surface area contributed by atoms with E-state index in [1.165, 1.54) is 49.7 Å². The quantitative estimate of drug-likeness (QED) is 0.628. The lowest BCUT2D eigenvalue weighted by Gasteiger charge is -2.27. The lowest BCUT2D eigenvalue weighted by molar-refractivity contribution is 0.301. The van der Waals surface area contributed by atoms with Gasteiger partial charge in [-0.1, -0.05) is 77.1 Å². The van der Waals surface area contributed by atoms with Crippen LogP contribution in [-0.2, 0) is 5.41 Å². The Morgan fingerprint density at radius 3 is 2.20 bits per heavy atom. The average Bonchev–Trinajstić information content (AvgIpc) is 2.45. The highest BCUT2D eigenvalue weighted by Crippen LogP contribution is 2.32. The third-order valence-electron chi connectivity index (χ3n) is 4.67. The molecule has 0 amide bonds. The molecular weight excluding hydrogens is 244 g/mol. The Balaban J connectivity index is 2.03. The maximum absolute atomic E-state index is 5.80. The van der Waals surface area contributed by atoms with Crippen LogP contribution < -0.4 is 11.3 Å². The Bertz CT molecular complexity index is 396. The number of hydrogen-bond acceptors (Lipinski definition) is 2.